The van der Waals surface area contributed by atoms with Crippen LogP contribution >= 0.6 is 0 Å². The molecule has 2 amide bonds. The summed E-state index contributed by atoms with van der Waals surface area (Å²) in [5.41, 5.74) is 0.867. The van der Waals surface area contributed by atoms with Gasteiger partial charge in [0, 0.05) is 6.07 Å². The van der Waals surface area contributed by atoms with Crippen LogP contribution in [-0.4, -0.2) is 6.03 Å². The predicted molar refractivity (Wildman–Crippen MR) is 73.4 cm³/mol. The molecule has 0 saturated heterocycles. The Bertz CT molecular complexity index is 602. The molecular formula is C15H14F2N2O. The molecule has 0 aromatic heterocycles. The van der Waals surface area contributed by atoms with E-state index in [4.69, 9.17) is 0 Å². The smallest absolute Gasteiger partial charge is 0.319 e. The zero-order chi connectivity index (χ0) is 14.5. The Morgan fingerprint density at radius 2 is 1.80 bits per heavy atom. The lowest BCUT2D eigenvalue weighted by Crippen LogP contribution is -2.31. The van der Waals surface area contributed by atoms with Crippen LogP contribution < -0.4 is 10.6 Å². The van der Waals surface area contributed by atoms with Gasteiger partial charge in [-0.2, -0.15) is 0 Å². The number of rotatable bonds is 3. The fraction of sp³-hybridized carbons (Fsp3) is 0.133. The summed E-state index contributed by atoms with van der Waals surface area (Å²) in [4.78, 5) is 11.8. The van der Waals surface area contributed by atoms with Crippen LogP contribution in [-0.2, 0) is 0 Å². The highest BCUT2D eigenvalue weighted by atomic mass is 19.1. The number of carbonyl (C=O) groups is 1. The third-order valence-corrected chi connectivity index (χ3v) is 2.83. The van der Waals surface area contributed by atoms with E-state index in [1.54, 1.807) is 0 Å². The van der Waals surface area contributed by atoms with Gasteiger partial charge >= 0.3 is 6.03 Å². The summed E-state index contributed by atoms with van der Waals surface area (Å²) >= 11 is 0. The second-order valence-corrected chi connectivity index (χ2v) is 4.36. The van der Waals surface area contributed by atoms with Gasteiger partial charge in [0.1, 0.15) is 11.6 Å². The molecular weight excluding hydrogens is 262 g/mol. The number of benzene rings is 2. The molecule has 0 saturated carbocycles. The van der Waals surface area contributed by atoms with Gasteiger partial charge in [-0.3, -0.25) is 0 Å². The van der Waals surface area contributed by atoms with Crippen LogP contribution in [0.4, 0.5) is 19.3 Å². The van der Waals surface area contributed by atoms with E-state index in [-0.39, 0.29) is 11.7 Å². The normalized spacial score (nSPS) is 11.8. The number of carbonyl (C=O) groups excluding carboxylic acids is 1. The van der Waals surface area contributed by atoms with Gasteiger partial charge in [-0.15, -0.1) is 0 Å². The Labute approximate surface area is 115 Å². The van der Waals surface area contributed by atoms with Crippen molar-refractivity contribution in [3.63, 3.8) is 0 Å². The SMILES string of the molecule is C[C@H](NC(=O)Nc1ccc(F)cc1F)c1ccccc1. The van der Waals surface area contributed by atoms with Crippen molar-refractivity contribution < 1.29 is 13.6 Å². The van der Waals surface area contributed by atoms with Gasteiger partial charge in [-0.05, 0) is 24.6 Å². The second kappa shape index (κ2) is 6.14. The van der Waals surface area contributed by atoms with Gasteiger partial charge in [0.05, 0.1) is 11.7 Å². The van der Waals surface area contributed by atoms with Crippen molar-refractivity contribution in [2.24, 2.45) is 0 Å². The number of halogens is 2. The average Bonchev–Trinajstić information content (AvgIpc) is 2.43. The lowest BCUT2D eigenvalue weighted by Gasteiger charge is -2.15. The van der Waals surface area contributed by atoms with E-state index < -0.39 is 17.7 Å². The molecule has 2 rings (SSSR count). The first kappa shape index (κ1) is 14.0. The van der Waals surface area contributed by atoms with Crippen molar-refractivity contribution in [2.75, 3.05) is 5.32 Å². The van der Waals surface area contributed by atoms with Crippen LogP contribution in [0.15, 0.2) is 48.5 Å². The van der Waals surface area contributed by atoms with E-state index in [1.807, 2.05) is 37.3 Å². The molecule has 0 radical (unpaired) electrons. The summed E-state index contributed by atoms with van der Waals surface area (Å²) in [6, 6.07) is 11.6. The summed E-state index contributed by atoms with van der Waals surface area (Å²) < 4.78 is 26.1. The minimum Gasteiger partial charge on any atom is -0.331 e. The first-order valence-corrected chi connectivity index (χ1v) is 6.14. The van der Waals surface area contributed by atoms with Crippen LogP contribution in [0.25, 0.3) is 0 Å². The standard InChI is InChI=1S/C15H14F2N2O/c1-10(11-5-3-2-4-6-11)18-15(20)19-14-8-7-12(16)9-13(14)17/h2-10H,1H3,(H2,18,19,20)/t10-/m0/s1. The monoisotopic (exact) mass is 276 g/mol. The molecule has 2 aromatic rings. The lowest BCUT2D eigenvalue weighted by molar-refractivity contribution is 0.249. The summed E-state index contributed by atoms with van der Waals surface area (Å²) in [6.07, 6.45) is 0. The highest BCUT2D eigenvalue weighted by Crippen LogP contribution is 2.16. The molecule has 1 atom stereocenters. The number of hydrogen-bond donors (Lipinski definition) is 2. The predicted octanol–water partition coefficient (Wildman–Crippen LogP) is 3.85. The third kappa shape index (κ3) is 3.54. The zero-order valence-electron chi connectivity index (χ0n) is 10.9. The molecule has 5 heteroatoms. The Hall–Kier alpha value is -2.43. The summed E-state index contributed by atoms with van der Waals surface area (Å²) in [5.74, 6) is -1.50. The maximum absolute atomic E-state index is 13.4. The van der Waals surface area contributed by atoms with E-state index in [0.717, 1.165) is 17.7 Å². The molecule has 104 valence electrons. The Morgan fingerprint density at radius 1 is 1.10 bits per heavy atom. The highest BCUT2D eigenvalue weighted by Gasteiger charge is 2.11. The molecule has 0 fully saturated rings. The molecule has 0 aliphatic rings. The van der Waals surface area contributed by atoms with Gasteiger partial charge in [-0.1, -0.05) is 30.3 Å². The molecule has 0 heterocycles. The number of nitrogens with one attached hydrogen (secondary N) is 2. The molecule has 3 nitrogen and oxygen atoms in total. The van der Waals surface area contributed by atoms with Gasteiger partial charge in [0.25, 0.3) is 0 Å². The van der Waals surface area contributed by atoms with E-state index in [2.05, 4.69) is 10.6 Å². The summed E-state index contributed by atoms with van der Waals surface area (Å²) in [6.45, 7) is 1.82. The van der Waals surface area contributed by atoms with Crippen molar-refractivity contribution in [3.8, 4) is 0 Å². The van der Waals surface area contributed by atoms with Crippen molar-refractivity contribution >= 4 is 11.7 Å². The van der Waals surface area contributed by atoms with E-state index in [9.17, 15) is 13.6 Å². The highest BCUT2D eigenvalue weighted by molar-refractivity contribution is 5.89. The van der Waals surface area contributed by atoms with Gasteiger partial charge in [-0.25, -0.2) is 13.6 Å². The second-order valence-electron chi connectivity index (χ2n) is 4.36. The van der Waals surface area contributed by atoms with E-state index in [1.165, 1.54) is 6.07 Å². The van der Waals surface area contributed by atoms with Gasteiger partial charge in [0.15, 0.2) is 0 Å². The fourth-order valence-electron chi connectivity index (χ4n) is 1.77. The fourth-order valence-corrected chi connectivity index (χ4v) is 1.77. The van der Waals surface area contributed by atoms with Crippen LogP contribution in [0.1, 0.15) is 18.5 Å². The molecule has 0 aliphatic carbocycles. The third-order valence-electron chi connectivity index (χ3n) is 2.83. The molecule has 2 N–H and O–H groups in total. The number of amides is 2. The molecule has 2 aromatic carbocycles. The summed E-state index contributed by atoms with van der Waals surface area (Å²) in [5, 5.41) is 5.02. The Balaban J connectivity index is 1.99. The minimum atomic E-state index is -0.812. The zero-order valence-corrected chi connectivity index (χ0v) is 10.9. The molecule has 0 bridgehead atoms. The van der Waals surface area contributed by atoms with E-state index in [0.29, 0.717) is 0 Å². The first-order valence-electron chi connectivity index (χ1n) is 6.14. The number of hydrogen-bond acceptors (Lipinski definition) is 1. The topological polar surface area (TPSA) is 41.1 Å². The van der Waals surface area contributed by atoms with Crippen LogP contribution in [0.3, 0.4) is 0 Å². The Morgan fingerprint density at radius 3 is 2.45 bits per heavy atom. The lowest BCUT2D eigenvalue weighted by atomic mass is 10.1. The van der Waals surface area contributed by atoms with Crippen molar-refractivity contribution in [1.29, 1.82) is 0 Å². The maximum atomic E-state index is 13.4. The van der Waals surface area contributed by atoms with Crippen molar-refractivity contribution in [3.05, 3.63) is 65.7 Å². The molecule has 0 unspecified atom stereocenters. The Kier molecular flexibility index (Phi) is 4.30. The average molecular weight is 276 g/mol. The minimum absolute atomic E-state index is 0.0656. The largest absolute Gasteiger partial charge is 0.331 e. The summed E-state index contributed by atoms with van der Waals surface area (Å²) in [7, 11) is 0. The van der Waals surface area contributed by atoms with Gasteiger partial charge in [0.2, 0.25) is 0 Å². The number of urea groups is 1. The van der Waals surface area contributed by atoms with Crippen molar-refractivity contribution in [2.45, 2.75) is 13.0 Å². The maximum Gasteiger partial charge on any atom is 0.319 e. The van der Waals surface area contributed by atoms with Crippen LogP contribution in [0.5, 0.6) is 0 Å². The molecule has 0 aliphatic heterocycles. The van der Waals surface area contributed by atoms with Crippen LogP contribution in [0.2, 0.25) is 0 Å². The van der Waals surface area contributed by atoms with Crippen molar-refractivity contribution in [1.82, 2.24) is 5.32 Å². The quantitative estimate of drug-likeness (QED) is 0.878. The van der Waals surface area contributed by atoms with Gasteiger partial charge < -0.3 is 10.6 Å². The molecule has 0 spiro atoms. The first-order chi connectivity index (χ1) is 9.56. The number of anilines is 1. The van der Waals surface area contributed by atoms with Crippen LogP contribution in [0, 0.1) is 11.6 Å². The van der Waals surface area contributed by atoms with E-state index >= 15 is 0 Å². The molecule has 20 heavy (non-hydrogen) atoms.